The molecular weight excluding hydrogens is 114 g/mol. The molecule has 0 saturated heterocycles. The highest BCUT2D eigenvalue weighted by molar-refractivity contribution is 4.93. The Morgan fingerprint density at radius 3 is 2.11 bits per heavy atom. The monoisotopic (exact) mass is 129 g/mol. The molecule has 0 bridgehead atoms. The van der Waals surface area contributed by atoms with E-state index < -0.39 is 0 Å². The summed E-state index contributed by atoms with van der Waals surface area (Å²) in [6.45, 7) is 1.41. The van der Waals surface area contributed by atoms with Gasteiger partial charge in [-0.25, -0.2) is 0 Å². The first kappa shape index (κ1) is 7.03. The first-order chi connectivity index (χ1) is 4.18. The van der Waals surface area contributed by atoms with E-state index >= 15 is 0 Å². The molecule has 2 nitrogen and oxygen atoms in total. The lowest BCUT2D eigenvalue weighted by molar-refractivity contribution is 0.176. The van der Waals surface area contributed by atoms with E-state index in [1.807, 2.05) is 0 Å². The average molecular weight is 129 g/mol. The first-order valence-electron chi connectivity index (χ1n) is 3.44. The van der Waals surface area contributed by atoms with Gasteiger partial charge in [0.1, 0.15) is 0 Å². The highest BCUT2D eigenvalue weighted by Gasteiger charge is 2.41. The predicted molar refractivity (Wildman–Crippen MR) is 37.3 cm³/mol. The summed E-state index contributed by atoms with van der Waals surface area (Å²) >= 11 is 0. The number of hydrogen-bond acceptors (Lipinski definition) is 2. The van der Waals surface area contributed by atoms with Crippen molar-refractivity contribution in [1.29, 1.82) is 0 Å². The Morgan fingerprint density at radius 1 is 1.44 bits per heavy atom. The van der Waals surface area contributed by atoms with Crippen molar-refractivity contribution in [2.75, 3.05) is 27.2 Å². The zero-order valence-corrected chi connectivity index (χ0v) is 6.22. The van der Waals surface area contributed by atoms with E-state index in [9.17, 15) is 0 Å². The molecule has 1 aliphatic carbocycles. The van der Waals surface area contributed by atoms with Crippen LogP contribution in [0.3, 0.4) is 0 Å². The fourth-order valence-corrected chi connectivity index (χ4v) is 1.21. The van der Waals surface area contributed by atoms with Crippen LogP contribution in [0.25, 0.3) is 0 Å². The Morgan fingerprint density at radius 2 is 2.00 bits per heavy atom. The summed E-state index contributed by atoms with van der Waals surface area (Å²) in [5, 5.41) is 8.88. The molecule has 0 radical (unpaired) electrons. The molecule has 0 unspecified atom stereocenters. The van der Waals surface area contributed by atoms with E-state index in [1.165, 1.54) is 12.8 Å². The van der Waals surface area contributed by atoms with Gasteiger partial charge >= 0.3 is 0 Å². The fourth-order valence-electron chi connectivity index (χ4n) is 1.21. The van der Waals surface area contributed by atoms with Gasteiger partial charge in [0.05, 0.1) is 0 Å². The molecule has 0 aromatic carbocycles. The second kappa shape index (κ2) is 2.27. The fraction of sp³-hybridized carbons (Fsp3) is 1.00. The quantitative estimate of drug-likeness (QED) is 0.593. The van der Waals surface area contributed by atoms with Crippen LogP contribution in [-0.2, 0) is 0 Å². The van der Waals surface area contributed by atoms with Gasteiger partial charge in [0.15, 0.2) is 0 Å². The van der Waals surface area contributed by atoms with E-state index in [0.717, 1.165) is 6.54 Å². The van der Waals surface area contributed by atoms with Crippen molar-refractivity contribution < 1.29 is 5.11 Å². The van der Waals surface area contributed by atoms with E-state index in [0.29, 0.717) is 12.0 Å². The molecule has 9 heavy (non-hydrogen) atoms. The first-order valence-corrected chi connectivity index (χ1v) is 3.44. The Balaban J connectivity index is 2.25. The van der Waals surface area contributed by atoms with Crippen LogP contribution in [-0.4, -0.2) is 37.3 Å². The highest BCUT2D eigenvalue weighted by Crippen LogP contribution is 2.45. The molecule has 54 valence electrons. The maximum atomic E-state index is 8.88. The minimum atomic E-state index is 0.295. The molecule has 0 aromatic heterocycles. The van der Waals surface area contributed by atoms with Crippen LogP contribution >= 0.6 is 0 Å². The summed E-state index contributed by atoms with van der Waals surface area (Å²) in [7, 11) is 4.10. The second-order valence-corrected chi connectivity index (χ2v) is 3.40. The predicted octanol–water partition coefficient (Wildman–Crippen LogP) is 0.320. The second-order valence-electron chi connectivity index (χ2n) is 3.40. The maximum absolute atomic E-state index is 8.88. The summed E-state index contributed by atoms with van der Waals surface area (Å²) < 4.78 is 0. The smallest absolute Gasteiger partial charge is 0.0499 e. The van der Waals surface area contributed by atoms with Crippen LogP contribution in [0.1, 0.15) is 12.8 Å². The Kier molecular flexibility index (Phi) is 1.78. The molecular formula is C7H15NO. The van der Waals surface area contributed by atoms with Gasteiger partial charge in [-0.1, -0.05) is 0 Å². The topological polar surface area (TPSA) is 23.5 Å². The van der Waals surface area contributed by atoms with Gasteiger partial charge in [-0.3, -0.25) is 0 Å². The zero-order valence-electron chi connectivity index (χ0n) is 6.22. The Labute approximate surface area is 56.5 Å². The van der Waals surface area contributed by atoms with Gasteiger partial charge in [-0.15, -0.1) is 0 Å². The van der Waals surface area contributed by atoms with Gasteiger partial charge in [-0.05, 0) is 26.9 Å². The minimum absolute atomic E-state index is 0.295. The van der Waals surface area contributed by atoms with Crippen molar-refractivity contribution in [2.24, 2.45) is 5.41 Å². The third kappa shape index (κ3) is 1.66. The molecule has 0 spiro atoms. The summed E-state index contributed by atoms with van der Waals surface area (Å²) in [5.74, 6) is 0. The van der Waals surface area contributed by atoms with Gasteiger partial charge < -0.3 is 10.0 Å². The van der Waals surface area contributed by atoms with Gasteiger partial charge in [0, 0.05) is 18.6 Å². The number of aliphatic hydroxyl groups excluding tert-OH is 1. The third-order valence-electron chi connectivity index (χ3n) is 1.94. The molecule has 1 rings (SSSR count). The van der Waals surface area contributed by atoms with E-state index in [2.05, 4.69) is 19.0 Å². The molecule has 2 heteroatoms. The zero-order chi connectivity index (χ0) is 6.91. The number of nitrogens with zero attached hydrogens (tertiary/aromatic N) is 1. The molecule has 0 heterocycles. The SMILES string of the molecule is CN(C)CC1(CO)CC1. The molecule has 1 saturated carbocycles. The average Bonchev–Trinajstić information content (AvgIpc) is 2.48. The lowest BCUT2D eigenvalue weighted by Gasteiger charge is -2.16. The lowest BCUT2D eigenvalue weighted by atomic mass is 10.1. The Hall–Kier alpha value is -0.0800. The normalized spacial score (nSPS) is 22.7. The lowest BCUT2D eigenvalue weighted by Crippen LogP contribution is -2.25. The van der Waals surface area contributed by atoms with E-state index in [-0.39, 0.29) is 0 Å². The van der Waals surface area contributed by atoms with Crippen molar-refractivity contribution >= 4 is 0 Å². The minimum Gasteiger partial charge on any atom is -0.396 e. The van der Waals surface area contributed by atoms with Crippen LogP contribution < -0.4 is 0 Å². The van der Waals surface area contributed by atoms with E-state index in [1.54, 1.807) is 0 Å². The molecule has 0 aliphatic heterocycles. The van der Waals surface area contributed by atoms with Crippen LogP contribution in [0, 0.1) is 5.41 Å². The molecule has 1 aliphatic rings. The highest BCUT2D eigenvalue weighted by atomic mass is 16.3. The standard InChI is InChI=1S/C7H15NO/c1-8(2)5-7(6-9)3-4-7/h9H,3-6H2,1-2H3. The maximum Gasteiger partial charge on any atom is 0.0499 e. The number of hydrogen-bond donors (Lipinski definition) is 1. The summed E-state index contributed by atoms with van der Waals surface area (Å²) in [6.07, 6.45) is 2.42. The molecule has 0 atom stereocenters. The third-order valence-corrected chi connectivity index (χ3v) is 1.94. The van der Waals surface area contributed by atoms with Crippen molar-refractivity contribution in [3.05, 3.63) is 0 Å². The van der Waals surface area contributed by atoms with Crippen molar-refractivity contribution in [3.63, 3.8) is 0 Å². The van der Waals surface area contributed by atoms with Crippen molar-refractivity contribution in [2.45, 2.75) is 12.8 Å². The molecule has 0 amide bonds. The Bertz CT molecular complexity index is 97.1. The van der Waals surface area contributed by atoms with E-state index in [4.69, 9.17) is 5.11 Å². The van der Waals surface area contributed by atoms with Gasteiger partial charge in [0.25, 0.3) is 0 Å². The van der Waals surface area contributed by atoms with Crippen molar-refractivity contribution in [1.82, 2.24) is 4.90 Å². The van der Waals surface area contributed by atoms with Crippen LogP contribution in [0.5, 0.6) is 0 Å². The number of rotatable bonds is 3. The number of aliphatic hydroxyl groups is 1. The van der Waals surface area contributed by atoms with Gasteiger partial charge in [0.2, 0.25) is 0 Å². The van der Waals surface area contributed by atoms with Crippen molar-refractivity contribution in [3.8, 4) is 0 Å². The van der Waals surface area contributed by atoms with Crippen LogP contribution in [0.2, 0.25) is 0 Å². The summed E-state index contributed by atoms with van der Waals surface area (Å²) in [6, 6.07) is 0. The molecule has 1 N–H and O–H groups in total. The largest absolute Gasteiger partial charge is 0.396 e. The molecule has 0 aromatic rings. The molecule has 1 fully saturated rings. The van der Waals surface area contributed by atoms with Crippen LogP contribution in [0.15, 0.2) is 0 Å². The van der Waals surface area contributed by atoms with Gasteiger partial charge in [-0.2, -0.15) is 0 Å². The van der Waals surface area contributed by atoms with Crippen LogP contribution in [0.4, 0.5) is 0 Å². The summed E-state index contributed by atoms with van der Waals surface area (Å²) in [5.41, 5.74) is 0.295. The summed E-state index contributed by atoms with van der Waals surface area (Å²) in [4.78, 5) is 2.14.